The Kier molecular flexibility index (Phi) is 13.9. The largest absolute Gasteiger partial charge is 0.405 e. The molecule has 13 nitrogen and oxygen atoms in total. The Bertz CT molecular complexity index is 2860. The Balaban J connectivity index is 1.41. The number of halogens is 9. The normalized spacial score (nSPS) is 17.5. The molecule has 3 aromatic heterocycles. The molecule has 2 aliphatic carbocycles. The van der Waals surface area contributed by atoms with Gasteiger partial charge in [-0.25, -0.2) is 31.3 Å². The number of aliphatic hydroxyl groups is 1. The van der Waals surface area contributed by atoms with Gasteiger partial charge in [0, 0.05) is 45.2 Å². The molecule has 1 amide bonds. The highest BCUT2D eigenvalue weighted by Gasteiger charge is 2.45. The van der Waals surface area contributed by atoms with E-state index in [-0.39, 0.29) is 67.0 Å². The third-order valence-corrected chi connectivity index (χ3v) is 13.2. The summed E-state index contributed by atoms with van der Waals surface area (Å²) < 4.78 is 134. The predicted molar refractivity (Wildman–Crippen MR) is 234 cm³/mol. The fourth-order valence-electron chi connectivity index (χ4n) is 7.41. The lowest BCUT2D eigenvalue weighted by atomic mass is 9.93. The van der Waals surface area contributed by atoms with Crippen LogP contribution >= 0.6 is 11.6 Å². The van der Waals surface area contributed by atoms with Crippen LogP contribution in [0.5, 0.6) is 0 Å². The number of alkyl halides is 6. The topological polar surface area (TPSA) is 186 Å². The molecule has 2 fully saturated rings. The Morgan fingerprint density at radius 1 is 1.07 bits per heavy atom. The number of pyridine rings is 1. The second-order valence-electron chi connectivity index (χ2n) is 16.9. The van der Waals surface area contributed by atoms with Gasteiger partial charge >= 0.3 is 6.01 Å². The Hall–Kier alpha value is -5.92. The lowest BCUT2D eigenvalue weighted by molar-refractivity contribution is -0.120. The first kappa shape index (κ1) is 49.0. The van der Waals surface area contributed by atoms with Crippen molar-refractivity contribution in [3.05, 3.63) is 93.2 Å². The lowest BCUT2D eigenvalue weighted by Gasteiger charge is -2.23. The Labute approximate surface area is 385 Å². The van der Waals surface area contributed by atoms with Gasteiger partial charge in [-0.05, 0) is 95.2 Å². The molecule has 2 unspecified atom stereocenters. The van der Waals surface area contributed by atoms with E-state index in [1.807, 2.05) is 0 Å². The minimum absolute atomic E-state index is 0.00399. The van der Waals surface area contributed by atoms with Gasteiger partial charge in [0.15, 0.2) is 5.82 Å². The number of aliphatic imine (C=N–C) groups is 1. The number of carbonyl (C=O) groups is 1. The van der Waals surface area contributed by atoms with Crippen LogP contribution in [0.4, 0.5) is 47.0 Å². The van der Waals surface area contributed by atoms with Crippen molar-refractivity contribution < 1.29 is 53.7 Å². The number of allylic oxidation sites excluding steroid dienone is 2. The van der Waals surface area contributed by atoms with Crippen molar-refractivity contribution in [2.75, 3.05) is 11.9 Å². The molecule has 356 valence electrons. The van der Waals surface area contributed by atoms with Crippen molar-refractivity contribution in [3.8, 4) is 23.0 Å². The van der Waals surface area contributed by atoms with Crippen molar-refractivity contribution in [1.82, 2.24) is 30.3 Å². The maximum Gasteiger partial charge on any atom is 0.321 e. The van der Waals surface area contributed by atoms with Gasteiger partial charge in [0.25, 0.3) is 18.8 Å². The van der Waals surface area contributed by atoms with E-state index < -0.39 is 113 Å². The van der Waals surface area contributed by atoms with Crippen LogP contribution in [0.2, 0.25) is 5.02 Å². The molecule has 2 saturated carbocycles. The summed E-state index contributed by atoms with van der Waals surface area (Å²) >= 11 is 6.75. The van der Waals surface area contributed by atoms with Crippen LogP contribution in [-0.2, 0) is 34.2 Å². The Morgan fingerprint density at radius 3 is 2.39 bits per heavy atom. The van der Waals surface area contributed by atoms with Crippen molar-refractivity contribution in [3.63, 3.8) is 0 Å². The fourth-order valence-corrected chi connectivity index (χ4v) is 9.20. The number of rotatable bonds is 15. The molecule has 0 bridgehead atoms. The number of nitrogens with two attached hydrogens (primary N) is 1. The van der Waals surface area contributed by atoms with Gasteiger partial charge in [-0.2, -0.15) is 13.9 Å². The number of fused-ring (bicyclic) bond motifs is 1. The number of nitrogens with one attached hydrogen (secondary N) is 2. The first-order chi connectivity index (χ1) is 31.4. The average Bonchev–Trinajstić information content (AvgIpc) is 3.74. The molecule has 67 heavy (non-hydrogen) atoms. The maximum atomic E-state index is 15.0. The zero-order valence-corrected chi connectivity index (χ0v) is 37.6. The van der Waals surface area contributed by atoms with E-state index in [0.717, 1.165) is 29.7 Å². The number of hydrogen-bond donors (Lipinski definition) is 4. The summed E-state index contributed by atoms with van der Waals surface area (Å²) in [7, 11) is -1.36. The number of anilines is 2. The molecule has 0 spiro atoms. The summed E-state index contributed by atoms with van der Waals surface area (Å²) in [6, 6.07) is 6.62. The number of aromatic nitrogens is 5. The van der Waals surface area contributed by atoms with E-state index in [4.69, 9.17) is 26.7 Å². The SMILES string of the molecule is CC(C)(O)c1nnc(Nc2nn(CC(F)F)c3c(-c4ccc(C#CC(C)(C)S(=O)C5CC5)nc4C(Cc4cc(F)cc(F)c4)NC(=O)CN=C4C(=C(N)C(F)F)CCC4(F)F)ccc(Cl)c23)o1. The summed E-state index contributed by atoms with van der Waals surface area (Å²) in [6.45, 7) is 4.11. The number of benzene rings is 2. The van der Waals surface area contributed by atoms with Gasteiger partial charge in [-0.3, -0.25) is 24.0 Å². The molecule has 0 aliphatic heterocycles. The van der Waals surface area contributed by atoms with Crippen LogP contribution < -0.4 is 16.4 Å². The fraction of sp³-hybridized carbons (Fsp3) is 0.409. The summed E-state index contributed by atoms with van der Waals surface area (Å²) in [5.74, 6) is -1.17. The van der Waals surface area contributed by atoms with E-state index in [1.165, 1.54) is 38.1 Å². The summed E-state index contributed by atoms with van der Waals surface area (Å²) in [5.41, 5.74) is 1.21. The van der Waals surface area contributed by atoms with Gasteiger partial charge in [-0.1, -0.05) is 28.7 Å². The first-order valence-electron chi connectivity index (χ1n) is 20.6. The molecule has 5 aromatic rings. The molecule has 0 radical (unpaired) electrons. The first-order valence-corrected chi connectivity index (χ1v) is 22.2. The minimum atomic E-state index is -3.71. The standard InChI is InChI=1S/C44H42ClF8N9O4S/c1-42(2,67(65)25-6-7-25)13-11-24-5-8-26(27-9-10-29(45)33-36(27)62(20-31(48)49)61-39(33)58-41-60-59-40(66-41)43(3,4)64)35(56-24)30(17-21-15-22(46)18-23(47)16-21)57-32(63)19-55-37-28(34(54)38(50)51)12-14-44(37,52)53/h5,8-10,15-16,18,25,30-31,38,64H,6-7,12,14,17,19-20,54H2,1-4H3,(H,57,63)(H,58,60,61). The van der Waals surface area contributed by atoms with E-state index in [9.17, 15) is 40.5 Å². The van der Waals surface area contributed by atoms with E-state index in [0.29, 0.717) is 6.07 Å². The van der Waals surface area contributed by atoms with Crippen molar-refractivity contribution in [2.24, 2.45) is 10.7 Å². The minimum Gasteiger partial charge on any atom is -0.405 e. The summed E-state index contributed by atoms with van der Waals surface area (Å²) in [6.07, 6.45) is -6.59. The molecular weight excluding hydrogens is 938 g/mol. The van der Waals surface area contributed by atoms with Crippen molar-refractivity contribution in [1.29, 1.82) is 0 Å². The van der Waals surface area contributed by atoms with Crippen LogP contribution in [0, 0.1) is 23.5 Å². The monoisotopic (exact) mass is 979 g/mol. The molecule has 2 aromatic carbocycles. The van der Waals surface area contributed by atoms with Crippen LogP contribution in [0.15, 0.2) is 63.1 Å². The zero-order valence-electron chi connectivity index (χ0n) is 36.0. The van der Waals surface area contributed by atoms with E-state index in [2.05, 4.69) is 42.8 Å². The molecule has 2 atom stereocenters. The summed E-state index contributed by atoms with van der Waals surface area (Å²) in [5, 5.41) is 27.8. The van der Waals surface area contributed by atoms with Gasteiger partial charge in [0.2, 0.25) is 11.8 Å². The molecule has 23 heteroatoms. The third-order valence-electron chi connectivity index (χ3n) is 10.7. The molecular formula is C44H42ClF8N9O4S. The van der Waals surface area contributed by atoms with E-state index in [1.54, 1.807) is 13.8 Å². The quantitative estimate of drug-likeness (QED) is 0.0586. The number of hydrogen-bond acceptors (Lipinski definition) is 11. The summed E-state index contributed by atoms with van der Waals surface area (Å²) in [4.78, 5) is 22.4. The average molecular weight is 980 g/mol. The van der Waals surface area contributed by atoms with Crippen molar-refractivity contribution >= 4 is 56.8 Å². The van der Waals surface area contributed by atoms with Gasteiger partial charge in [0.05, 0.1) is 33.4 Å². The molecule has 2 aliphatic rings. The third kappa shape index (κ3) is 11.1. The van der Waals surface area contributed by atoms with Crippen molar-refractivity contribution in [2.45, 2.75) is 107 Å². The van der Waals surface area contributed by atoms with Crippen LogP contribution in [0.1, 0.15) is 82.3 Å². The number of amides is 1. The zero-order chi connectivity index (χ0) is 48.7. The predicted octanol–water partition coefficient (Wildman–Crippen LogP) is 8.44. The van der Waals surface area contributed by atoms with Crippen LogP contribution in [0.3, 0.4) is 0 Å². The molecule has 5 N–H and O–H groups in total. The Morgan fingerprint density at radius 2 is 1.76 bits per heavy atom. The molecule has 7 rings (SSSR count). The highest BCUT2D eigenvalue weighted by Crippen LogP contribution is 2.42. The smallest absolute Gasteiger partial charge is 0.321 e. The number of nitrogens with zero attached hydrogens (tertiary/aromatic N) is 6. The van der Waals surface area contributed by atoms with Gasteiger partial charge < -0.3 is 20.6 Å². The highest BCUT2D eigenvalue weighted by atomic mass is 35.5. The number of carbonyl (C=O) groups excluding carboxylic acids is 1. The van der Waals surface area contributed by atoms with Gasteiger partial charge in [-0.15, -0.1) is 5.10 Å². The second kappa shape index (κ2) is 19.0. The van der Waals surface area contributed by atoms with E-state index >= 15 is 8.78 Å². The maximum absolute atomic E-state index is 15.0. The molecule has 0 saturated heterocycles. The lowest BCUT2D eigenvalue weighted by Crippen LogP contribution is -2.34. The van der Waals surface area contributed by atoms with Crippen LogP contribution in [-0.4, -0.2) is 81.2 Å². The highest BCUT2D eigenvalue weighted by molar-refractivity contribution is 7.87. The van der Waals surface area contributed by atoms with Gasteiger partial charge in [0.1, 0.15) is 46.5 Å². The van der Waals surface area contributed by atoms with Crippen LogP contribution in [0.25, 0.3) is 22.0 Å². The molecule has 3 heterocycles. The second-order valence-corrected chi connectivity index (χ2v) is 19.6.